The van der Waals surface area contributed by atoms with E-state index in [9.17, 15) is 14.9 Å². The summed E-state index contributed by atoms with van der Waals surface area (Å²) in [6.45, 7) is 0. The van der Waals surface area contributed by atoms with Crippen LogP contribution in [0.15, 0.2) is 78.5 Å². The van der Waals surface area contributed by atoms with Crippen LogP contribution in [0.1, 0.15) is 34.9 Å². The van der Waals surface area contributed by atoms with Gasteiger partial charge in [-0.15, -0.1) is 0 Å². The van der Waals surface area contributed by atoms with Crippen LogP contribution in [0.4, 0.5) is 5.69 Å². The van der Waals surface area contributed by atoms with Crippen molar-refractivity contribution in [3.05, 3.63) is 99.9 Å². The Morgan fingerprint density at radius 2 is 1.86 bits per heavy atom. The monoisotopic (exact) mass is 373 g/mol. The molecule has 0 bridgehead atoms. The standard InChI is InChI=1S/C22H19N3O3/c26-22(16-7-4-8-18(13-16)25(27)28)17-9-10-20(23-14-17)21-12-11-19(24-21)15-5-2-1-3-6-15/h1-8,11-14,20,23-24H,9-10H2. The van der Waals surface area contributed by atoms with E-state index in [1.54, 1.807) is 12.3 Å². The lowest BCUT2D eigenvalue weighted by atomic mass is 9.94. The Kier molecular flexibility index (Phi) is 4.76. The Morgan fingerprint density at radius 3 is 2.57 bits per heavy atom. The maximum absolute atomic E-state index is 12.7. The largest absolute Gasteiger partial charge is 0.382 e. The number of nitro benzene ring substituents is 1. The number of non-ortho nitro benzene ring substituents is 1. The van der Waals surface area contributed by atoms with Gasteiger partial charge in [0.2, 0.25) is 0 Å². The van der Waals surface area contributed by atoms with Crippen molar-refractivity contribution in [2.24, 2.45) is 0 Å². The van der Waals surface area contributed by atoms with Gasteiger partial charge in [-0.05, 0) is 30.5 Å². The van der Waals surface area contributed by atoms with Gasteiger partial charge in [-0.1, -0.05) is 42.5 Å². The average molecular weight is 373 g/mol. The van der Waals surface area contributed by atoms with E-state index < -0.39 is 4.92 Å². The smallest absolute Gasteiger partial charge is 0.270 e. The van der Waals surface area contributed by atoms with E-state index in [1.807, 2.05) is 18.2 Å². The number of hydrogen-bond acceptors (Lipinski definition) is 4. The minimum absolute atomic E-state index is 0.0760. The van der Waals surface area contributed by atoms with Gasteiger partial charge >= 0.3 is 0 Å². The molecule has 0 fully saturated rings. The van der Waals surface area contributed by atoms with Crippen LogP contribution in [0, 0.1) is 10.1 Å². The van der Waals surface area contributed by atoms with Crippen LogP contribution in [0.5, 0.6) is 0 Å². The molecule has 28 heavy (non-hydrogen) atoms. The number of hydrogen-bond donors (Lipinski definition) is 2. The fourth-order valence-corrected chi connectivity index (χ4v) is 3.43. The molecule has 0 radical (unpaired) electrons. The summed E-state index contributed by atoms with van der Waals surface area (Å²) in [4.78, 5) is 26.5. The zero-order valence-electron chi connectivity index (χ0n) is 15.1. The average Bonchev–Trinajstić information content (AvgIpc) is 3.24. The molecule has 6 nitrogen and oxygen atoms in total. The second-order valence-corrected chi connectivity index (χ2v) is 6.76. The number of ketones is 1. The lowest BCUT2D eigenvalue weighted by Crippen LogP contribution is -2.23. The van der Waals surface area contributed by atoms with E-state index >= 15 is 0 Å². The van der Waals surface area contributed by atoms with E-state index in [2.05, 4.69) is 34.6 Å². The maximum Gasteiger partial charge on any atom is 0.270 e. The molecule has 0 saturated carbocycles. The zero-order chi connectivity index (χ0) is 19.5. The summed E-state index contributed by atoms with van der Waals surface area (Å²) in [5, 5.41) is 14.2. The van der Waals surface area contributed by atoms with Crippen LogP contribution in [-0.2, 0) is 0 Å². The number of benzene rings is 2. The summed E-state index contributed by atoms with van der Waals surface area (Å²) >= 11 is 0. The van der Waals surface area contributed by atoms with Gasteiger partial charge in [0.25, 0.3) is 5.69 Å². The first kappa shape index (κ1) is 17.7. The first-order chi connectivity index (χ1) is 13.6. The quantitative estimate of drug-likeness (QED) is 0.383. The molecule has 1 aromatic heterocycles. The topological polar surface area (TPSA) is 88.0 Å². The summed E-state index contributed by atoms with van der Waals surface area (Å²) in [7, 11) is 0. The molecule has 4 rings (SSSR count). The number of aromatic nitrogens is 1. The molecular formula is C22H19N3O3. The van der Waals surface area contributed by atoms with Gasteiger partial charge in [-0.3, -0.25) is 14.9 Å². The Morgan fingerprint density at radius 1 is 1.04 bits per heavy atom. The minimum atomic E-state index is -0.490. The lowest BCUT2D eigenvalue weighted by Gasteiger charge is -2.23. The number of carbonyl (C=O) groups excluding carboxylic acids is 1. The lowest BCUT2D eigenvalue weighted by molar-refractivity contribution is -0.384. The molecule has 0 amide bonds. The van der Waals surface area contributed by atoms with Crippen LogP contribution < -0.4 is 5.32 Å². The number of aromatic amines is 1. The predicted octanol–water partition coefficient (Wildman–Crippen LogP) is 4.78. The van der Waals surface area contributed by atoms with Crippen molar-refractivity contribution in [2.75, 3.05) is 0 Å². The van der Waals surface area contributed by atoms with Gasteiger partial charge in [0.05, 0.1) is 11.0 Å². The summed E-state index contributed by atoms with van der Waals surface area (Å²) in [6.07, 6.45) is 3.11. The van der Waals surface area contributed by atoms with Crippen LogP contribution >= 0.6 is 0 Å². The van der Waals surface area contributed by atoms with E-state index in [0.29, 0.717) is 17.6 Å². The molecule has 0 aliphatic carbocycles. The van der Waals surface area contributed by atoms with Crippen LogP contribution in [0.25, 0.3) is 11.3 Å². The fourth-order valence-electron chi connectivity index (χ4n) is 3.43. The predicted molar refractivity (Wildman–Crippen MR) is 107 cm³/mol. The van der Waals surface area contributed by atoms with Gasteiger partial charge in [0, 0.05) is 40.9 Å². The number of Topliss-reactive ketones (excluding diaryl/α,β-unsaturated/α-hetero) is 1. The zero-order valence-corrected chi connectivity index (χ0v) is 15.1. The van der Waals surface area contributed by atoms with Crippen molar-refractivity contribution in [3.63, 3.8) is 0 Å². The van der Waals surface area contributed by atoms with Crippen molar-refractivity contribution in [1.29, 1.82) is 0 Å². The molecule has 0 spiro atoms. The van der Waals surface area contributed by atoms with Gasteiger partial charge < -0.3 is 10.3 Å². The van der Waals surface area contributed by atoms with Crippen LogP contribution in [-0.4, -0.2) is 15.7 Å². The summed E-state index contributed by atoms with van der Waals surface area (Å²) < 4.78 is 0. The van der Waals surface area contributed by atoms with Crippen LogP contribution in [0.3, 0.4) is 0 Å². The number of nitro groups is 1. The third-order valence-electron chi connectivity index (χ3n) is 4.94. The first-order valence-corrected chi connectivity index (χ1v) is 9.10. The SMILES string of the molecule is O=C(C1=CNC(c2ccc(-c3ccccc3)[nH]2)CC1)c1cccc([N+](=O)[O-])c1. The van der Waals surface area contributed by atoms with Crippen LogP contribution in [0.2, 0.25) is 0 Å². The van der Waals surface area contributed by atoms with E-state index in [0.717, 1.165) is 23.4 Å². The molecule has 6 heteroatoms. The third-order valence-corrected chi connectivity index (χ3v) is 4.94. The Balaban J connectivity index is 1.48. The van der Waals surface area contributed by atoms with Crippen molar-refractivity contribution in [1.82, 2.24) is 10.3 Å². The number of rotatable bonds is 5. The Labute approximate surface area is 162 Å². The highest BCUT2D eigenvalue weighted by atomic mass is 16.6. The van der Waals surface area contributed by atoms with Gasteiger partial charge in [0.15, 0.2) is 5.78 Å². The maximum atomic E-state index is 12.7. The van der Waals surface area contributed by atoms with Gasteiger partial charge in [-0.25, -0.2) is 0 Å². The number of allylic oxidation sites excluding steroid dienone is 1. The second kappa shape index (κ2) is 7.52. The minimum Gasteiger partial charge on any atom is -0.382 e. The van der Waals surface area contributed by atoms with Crippen molar-refractivity contribution < 1.29 is 9.72 Å². The molecule has 1 aliphatic rings. The summed E-state index contributed by atoms with van der Waals surface area (Å²) in [5.74, 6) is -0.175. The fraction of sp³-hybridized carbons (Fsp3) is 0.136. The number of nitrogens with one attached hydrogen (secondary N) is 2. The molecule has 1 atom stereocenters. The molecular weight excluding hydrogens is 354 g/mol. The molecule has 3 aromatic rings. The van der Waals surface area contributed by atoms with E-state index in [4.69, 9.17) is 0 Å². The Bertz CT molecular complexity index is 1050. The van der Waals surface area contributed by atoms with E-state index in [-0.39, 0.29) is 17.5 Å². The highest BCUT2D eigenvalue weighted by Crippen LogP contribution is 2.29. The van der Waals surface area contributed by atoms with Crippen molar-refractivity contribution in [2.45, 2.75) is 18.9 Å². The number of nitrogens with zero attached hydrogens (tertiary/aromatic N) is 1. The molecule has 2 N–H and O–H groups in total. The number of carbonyl (C=O) groups is 1. The molecule has 2 heterocycles. The highest BCUT2D eigenvalue weighted by molar-refractivity contribution is 6.09. The molecule has 1 unspecified atom stereocenters. The van der Waals surface area contributed by atoms with Gasteiger partial charge in [-0.2, -0.15) is 0 Å². The van der Waals surface area contributed by atoms with E-state index in [1.165, 1.54) is 18.2 Å². The Hall–Kier alpha value is -3.67. The van der Waals surface area contributed by atoms with Gasteiger partial charge in [0.1, 0.15) is 0 Å². The first-order valence-electron chi connectivity index (χ1n) is 9.10. The third kappa shape index (κ3) is 3.57. The molecule has 2 aromatic carbocycles. The molecule has 0 saturated heterocycles. The second-order valence-electron chi connectivity index (χ2n) is 6.76. The van der Waals surface area contributed by atoms with Crippen molar-refractivity contribution >= 4 is 11.5 Å². The van der Waals surface area contributed by atoms with Crippen molar-refractivity contribution in [3.8, 4) is 11.3 Å². The molecule has 1 aliphatic heterocycles. The summed E-state index contributed by atoms with van der Waals surface area (Å²) in [5.41, 5.74) is 4.14. The number of H-pyrrole nitrogens is 1. The highest BCUT2D eigenvalue weighted by Gasteiger charge is 2.22. The normalized spacial score (nSPS) is 16.1. The molecule has 140 valence electrons. The summed E-state index contributed by atoms with van der Waals surface area (Å²) in [6, 6.07) is 20.2.